The van der Waals surface area contributed by atoms with Gasteiger partial charge in [-0.3, -0.25) is 14.5 Å². The molecule has 4 amide bonds. The Bertz CT molecular complexity index is 1360. The van der Waals surface area contributed by atoms with E-state index in [2.05, 4.69) is 10.6 Å². The summed E-state index contributed by atoms with van der Waals surface area (Å²) in [6.45, 7) is 0.627. The fourth-order valence-corrected chi connectivity index (χ4v) is 5.15. The monoisotopic (exact) mass is 528 g/mol. The summed E-state index contributed by atoms with van der Waals surface area (Å²) in [5.74, 6) is -0.478. The number of nitrogens with zero attached hydrogens (tertiary/aromatic N) is 2. The van der Waals surface area contributed by atoms with Gasteiger partial charge in [-0.25, -0.2) is 4.79 Å². The van der Waals surface area contributed by atoms with E-state index >= 15 is 0 Å². The van der Waals surface area contributed by atoms with Crippen molar-refractivity contribution in [2.24, 2.45) is 0 Å². The lowest BCUT2D eigenvalue weighted by molar-refractivity contribution is -0.136. The van der Waals surface area contributed by atoms with Crippen molar-refractivity contribution in [1.29, 1.82) is 0 Å². The molecule has 0 saturated carbocycles. The molecule has 5 rings (SSSR count). The Kier molecular flexibility index (Phi) is 7.47. The number of nitrogens with one attached hydrogen (secondary N) is 2. The maximum Gasteiger partial charge on any atom is 0.322 e. The van der Waals surface area contributed by atoms with Crippen molar-refractivity contribution in [2.45, 2.75) is 24.9 Å². The van der Waals surface area contributed by atoms with Crippen LogP contribution in [0.3, 0.4) is 0 Å². The standard InChI is InChI=1S/C30H29ClN4O3/c1-34-25-19-35(29(37)26(25)27(33-30(34)38)22-12-14-23(31)15-13-22)24(18-21-10-6-3-7-11-21)28(36)32-17-16-20-8-4-2-5-9-20/h2-15,24,27H,16-19H2,1H3,(H,32,36)(H,33,38)/t24-,27-/m0/s1. The number of amides is 4. The zero-order chi connectivity index (χ0) is 26.6. The van der Waals surface area contributed by atoms with Crippen LogP contribution in [0.1, 0.15) is 22.7 Å². The molecule has 0 spiro atoms. The second-order valence-corrected chi connectivity index (χ2v) is 9.96. The minimum atomic E-state index is -0.736. The topological polar surface area (TPSA) is 81.8 Å². The quantitative estimate of drug-likeness (QED) is 0.462. The summed E-state index contributed by atoms with van der Waals surface area (Å²) in [6.07, 6.45) is 1.05. The van der Waals surface area contributed by atoms with Crippen LogP contribution in [0.25, 0.3) is 0 Å². The average Bonchev–Trinajstić information content (AvgIpc) is 3.28. The van der Waals surface area contributed by atoms with Crippen molar-refractivity contribution >= 4 is 29.4 Å². The Balaban J connectivity index is 1.41. The lowest BCUT2D eigenvalue weighted by Crippen LogP contribution is -2.50. The fourth-order valence-electron chi connectivity index (χ4n) is 5.02. The molecule has 3 aromatic carbocycles. The van der Waals surface area contributed by atoms with Crippen LogP contribution in [0.4, 0.5) is 4.79 Å². The Morgan fingerprint density at radius 2 is 1.61 bits per heavy atom. The van der Waals surface area contributed by atoms with Gasteiger partial charge in [-0.1, -0.05) is 84.4 Å². The minimum Gasteiger partial charge on any atom is -0.354 e. The summed E-state index contributed by atoms with van der Waals surface area (Å²) in [4.78, 5) is 43.4. The van der Waals surface area contributed by atoms with Gasteiger partial charge in [0.15, 0.2) is 0 Å². The number of hydrogen-bond donors (Lipinski definition) is 2. The Morgan fingerprint density at radius 1 is 0.974 bits per heavy atom. The van der Waals surface area contributed by atoms with E-state index in [4.69, 9.17) is 11.6 Å². The van der Waals surface area contributed by atoms with Crippen LogP contribution in [0.2, 0.25) is 5.02 Å². The molecule has 0 aliphatic carbocycles. The highest BCUT2D eigenvalue weighted by atomic mass is 35.5. The van der Waals surface area contributed by atoms with E-state index in [0.29, 0.717) is 35.7 Å². The number of likely N-dealkylation sites (N-methyl/N-ethyl adjacent to an activating group) is 1. The smallest absolute Gasteiger partial charge is 0.322 e. The first kappa shape index (κ1) is 25.5. The number of rotatable bonds is 8. The first-order chi connectivity index (χ1) is 18.4. The Hall–Kier alpha value is -4.10. The van der Waals surface area contributed by atoms with Gasteiger partial charge in [0, 0.05) is 25.0 Å². The van der Waals surface area contributed by atoms with E-state index < -0.39 is 12.1 Å². The van der Waals surface area contributed by atoms with Crippen molar-refractivity contribution in [2.75, 3.05) is 20.1 Å². The third-order valence-electron chi connectivity index (χ3n) is 7.10. The van der Waals surface area contributed by atoms with Gasteiger partial charge >= 0.3 is 6.03 Å². The van der Waals surface area contributed by atoms with E-state index in [0.717, 1.165) is 16.7 Å². The molecule has 7 nitrogen and oxygen atoms in total. The van der Waals surface area contributed by atoms with Gasteiger partial charge in [0.1, 0.15) is 6.04 Å². The van der Waals surface area contributed by atoms with Crippen LogP contribution in [0.5, 0.6) is 0 Å². The maximum absolute atomic E-state index is 14.0. The molecule has 3 aromatic rings. The zero-order valence-electron chi connectivity index (χ0n) is 21.1. The van der Waals surface area contributed by atoms with Crippen LogP contribution in [0.15, 0.2) is 96.2 Å². The molecule has 0 saturated heterocycles. The predicted molar refractivity (Wildman–Crippen MR) is 146 cm³/mol. The van der Waals surface area contributed by atoms with E-state index in [1.807, 2.05) is 60.7 Å². The van der Waals surface area contributed by atoms with Crippen LogP contribution in [-0.4, -0.2) is 53.8 Å². The number of halogens is 1. The van der Waals surface area contributed by atoms with Crippen molar-refractivity contribution in [3.63, 3.8) is 0 Å². The zero-order valence-corrected chi connectivity index (χ0v) is 21.8. The SMILES string of the molecule is CN1C(=O)N[C@@H](c2ccc(Cl)cc2)C2=C1CN([C@@H](Cc1ccccc1)C(=O)NCCc1ccccc1)C2=O. The van der Waals surface area contributed by atoms with Crippen LogP contribution >= 0.6 is 11.6 Å². The largest absolute Gasteiger partial charge is 0.354 e. The molecular weight excluding hydrogens is 500 g/mol. The second-order valence-electron chi connectivity index (χ2n) is 9.52. The molecular formula is C30H29ClN4O3. The van der Waals surface area contributed by atoms with Crippen LogP contribution in [0, 0.1) is 0 Å². The highest BCUT2D eigenvalue weighted by molar-refractivity contribution is 6.30. The first-order valence-corrected chi connectivity index (χ1v) is 13.0. The number of benzene rings is 3. The van der Waals surface area contributed by atoms with Crippen LogP contribution in [-0.2, 0) is 22.4 Å². The molecule has 0 aromatic heterocycles. The molecule has 2 aliphatic heterocycles. The Morgan fingerprint density at radius 3 is 2.26 bits per heavy atom. The molecule has 8 heteroatoms. The molecule has 2 N–H and O–H groups in total. The van der Waals surface area contributed by atoms with Crippen molar-refractivity contribution in [3.05, 3.63) is 118 Å². The summed E-state index contributed by atoms with van der Waals surface area (Å²) in [7, 11) is 1.64. The molecule has 0 unspecified atom stereocenters. The lowest BCUT2D eigenvalue weighted by atomic mass is 9.95. The summed E-state index contributed by atoms with van der Waals surface area (Å²) in [6, 6.07) is 25.0. The highest BCUT2D eigenvalue weighted by Crippen LogP contribution is 2.37. The molecule has 0 fully saturated rings. The molecule has 2 heterocycles. The molecule has 0 bridgehead atoms. The fraction of sp³-hybridized carbons (Fsp3) is 0.233. The van der Waals surface area contributed by atoms with E-state index in [9.17, 15) is 14.4 Å². The number of hydrogen-bond acceptors (Lipinski definition) is 3. The molecule has 0 radical (unpaired) electrons. The third-order valence-corrected chi connectivity index (χ3v) is 7.35. The van der Waals surface area contributed by atoms with Crippen molar-refractivity contribution in [1.82, 2.24) is 20.4 Å². The molecule has 2 atom stereocenters. The van der Waals surface area contributed by atoms with E-state index in [-0.39, 0.29) is 24.4 Å². The summed E-state index contributed by atoms with van der Waals surface area (Å²) in [5.41, 5.74) is 3.91. The van der Waals surface area contributed by atoms with Gasteiger partial charge in [-0.2, -0.15) is 0 Å². The Labute approximate surface area is 227 Å². The van der Waals surface area contributed by atoms with Gasteiger partial charge in [-0.15, -0.1) is 0 Å². The van der Waals surface area contributed by atoms with E-state index in [1.54, 1.807) is 36.2 Å². The number of carbonyl (C=O) groups excluding carboxylic acids is 3. The lowest BCUT2D eigenvalue weighted by Gasteiger charge is -2.31. The normalized spacial score (nSPS) is 17.8. The van der Waals surface area contributed by atoms with Gasteiger partial charge < -0.3 is 15.5 Å². The summed E-state index contributed by atoms with van der Waals surface area (Å²) < 4.78 is 0. The summed E-state index contributed by atoms with van der Waals surface area (Å²) in [5, 5.41) is 6.54. The first-order valence-electron chi connectivity index (χ1n) is 12.6. The van der Waals surface area contributed by atoms with Gasteiger partial charge in [-0.05, 0) is 35.2 Å². The maximum atomic E-state index is 14.0. The predicted octanol–water partition coefficient (Wildman–Crippen LogP) is 4.10. The number of urea groups is 1. The van der Waals surface area contributed by atoms with Crippen molar-refractivity contribution in [3.8, 4) is 0 Å². The van der Waals surface area contributed by atoms with Gasteiger partial charge in [0.2, 0.25) is 5.91 Å². The minimum absolute atomic E-state index is 0.172. The summed E-state index contributed by atoms with van der Waals surface area (Å²) >= 11 is 6.07. The van der Waals surface area contributed by atoms with E-state index in [1.165, 1.54) is 4.90 Å². The second kappa shape index (κ2) is 11.1. The number of carbonyl (C=O) groups is 3. The van der Waals surface area contributed by atoms with Gasteiger partial charge in [0.25, 0.3) is 5.91 Å². The van der Waals surface area contributed by atoms with Crippen LogP contribution < -0.4 is 10.6 Å². The van der Waals surface area contributed by atoms with Gasteiger partial charge in [0.05, 0.1) is 23.9 Å². The molecule has 2 aliphatic rings. The third kappa shape index (κ3) is 5.29. The molecule has 38 heavy (non-hydrogen) atoms. The van der Waals surface area contributed by atoms with Crippen molar-refractivity contribution < 1.29 is 14.4 Å². The highest BCUT2D eigenvalue weighted by Gasteiger charge is 2.46. The molecule has 194 valence electrons. The average molecular weight is 529 g/mol.